The Hall–Kier alpha value is -2.98. The Kier molecular flexibility index (Phi) is 6.43. The summed E-state index contributed by atoms with van der Waals surface area (Å²) in [4.78, 5) is 26.7. The molecule has 3 heterocycles. The van der Waals surface area contributed by atoms with E-state index in [0.29, 0.717) is 25.2 Å². The first-order valence-corrected chi connectivity index (χ1v) is 11.0. The highest BCUT2D eigenvalue weighted by molar-refractivity contribution is 5.93. The van der Waals surface area contributed by atoms with Crippen LogP contribution in [0.4, 0.5) is 29.3 Å². The van der Waals surface area contributed by atoms with Gasteiger partial charge in [-0.25, -0.2) is 14.3 Å². The molecular weight excluding hydrogens is 425 g/mol. The Morgan fingerprint density at radius 3 is 2.56 bits per heavy atom. The smallest absolute Gasteiger partial charge is 0.370 e. The summed E-state index contributed by atoms with van der Waals surface area (Å²) in [6.45, 7) is 2.79. The van der Waals surface area contributed by atoms with Crippen molar-refractivity contribution >= 4 is 17.4 Å². The molecule has 0 unspecified atom stereocenters. The molecule has 0 saturated carbocycles. The molecule has 4 rings (SSSR count). The van der Waals surface area contributed by atoms with Gasteiger partial charge >= 0.3 is 17.9 Å². The van der Waals surface area contributed by atoms with Gasteiger partial charge in [-0.05, 0) is 50.3 Å². The fraction of sp³-hybridized carbons (Fsp3) is 0.571. The number of nitrogens with zero attached hydrogens (tertiary/aromatic N) is 4. The number of fused-ring (bicyclic) bond motifs is 1. The van der Waals surface area contributed by atoms with Crippen molar-refractivity contribution in [1.29, 1.82) is 0 Å². The zero-order valence-electron chi connectivity index (χ0n) is 17.7. The third kappa shape index (κ3) is 4.91. The number of anilines is 2. The van der Waals surface area contributed by atoms with Crippen LogP contribution in [0.3, 0.4) is 0 Å². The minimum absolute atomic E-state index is 0.136. The number of carbonyl (C=O) groups is 1. The molecule has 32 heavy (non-hydrogen) atoms. The van der Waals surface area contributed by atoms with E-state index in [1.165, 1.54) is 10.7 Å². The number of rotatable bonds is 6. The first-order chi connectivity index (χ1) is 15.3. The lowest BCUT2D eigenvalue weighted by molar-refractivity contribution is -0.137. The summed E-state index contributed by atoms with van der Waals surface area (Å²) in [5.41, 5.74) is -0.222. The number of aryl methyl sites for hydroxylation is 2. The summed E-state index contributed by atoms with van der Waals surface area (Å²) >= 11 is 0. The Bertz CT molecular complexity index is 1020. The van der Waals surface area contributed by atoms with Gasteiger partial charge in [0.2, 0.25) is 0 Å². The summed E-state index contributed by atoms with van der Waals surface area (Å²) < 4.78 is 42.6. The van der Waals surface area contributed by atoms with Crippen LogP contribution in [0.25, 0.3) is 0 Å². The van der Waals surface area contributed by atoms with Crippen LogP contribution in [-0.2, 0) is 25.7 Å². The molecule has 0 aliphatic carbocycles. The maximum atomic E-state index is 13.2. The Morgan fingerprint density at radius 2 is 1.84 bits per heavy atom. The van der Waals surface area contributed by atoms with E-state index >= 15 is 0 Å². The molecule has 0 atom stereocenters. The predicted octanol–water partition coefficient (Wildman–Crippen LogP) is 3.21. The van der Waals surface area contributed by atoms with Crippen molar-refractivity contribution in [2.45, 2.75) is 57.8 Å². The van der Waals surface area contributed by atoms with E-state index in [1.807, 2.05) is 4.90 Å². The molecule has 1 aromatic carbocycles. The molecular formula is C21H27F3N6O2. The molecule has 0 bridgehead atoms. The molecule has 2 N–H and O–H groups in total. The molecule has 11 heteroatoms. The molecule has 1 aromatic heterocycles. The van der Waals surface area contributed by atoms with Crippen molar-refractivity contribution in [2.24, 2.45) is 0 Å². The van der Waals surface area contributed by atoms with Crippen LogP contribution in [0.5, 0.6) is 0 Å². The van der Waals surface area contributed by atoms with Gasteiger partial charge in [0.25, 0.3) is 0 Å². The minimum atomic E-state index is -4.49. The average molecular weight is 452 g/mol. The van der Waals surface area contributed by atoms with Crippen molar-refractivity contribution in [1.82, 2.24) is 19.7 Å². The highest BCUT2D eigenvalue weighted by Gasteiger charge is 2.32. The van der Waals surface area contributed by atoms with Crippen LogP contribution in [0.2, 0.25) is 0 Å². The van der Waals surface area contributed by atoms with E-state index in [0.717, 1.165) is 63.2 Å². The van der Waals surface area contributed by atoms with Gasteiger partial charge in [0.1, 0.15) is 5.82 Å². The minimum Gasteiger partial charge on any atom is -0.370 e. The second-order valence-corrected chi connectivity index (χ2v) is 8.19. The molecule has 2 aliphatic heterocycles. The number of urea groups is 1. The Balaban J connectivity index is 1.35. The highest BCUT2D eigenvalue weighted by Crippen LogP contribution is 2.36. The van der Waals surface area contributed by atoms with E-state index in [1.54, 1.807) is 4.57 Å². The summed E-state index contributed by atoms with van der Waals surface area (Å²) in [6.07, 6.45) is 0.688. The maximum Gasteiger partial charge on any atom is 0.416 e. The number of hydrogen-bond donors (Lipinski definition) is 2. The van der Waals surface area contributed by atoms with E-state index in [2.05, 4.69) is 15.7 Å². The topological polar surface area (TPSA) is 84.2 Å². The quantitative estimate of drug-likeness (QED) is 0.660. The number of benzene rings is 1. The van der Waals surface area contributed by atoms with Gasteiger partial charge in [0, 0.05) is 39.1 Å². The van der Waals surface area contributed by atoms with Gasteiger partial charge in [-0.3, -0.25) is 4.57 Å². The van der Waals surface area contributed by atoms with Crippen molar-refractivity contribution in [2.75, 3.05) is 29.9 Å². The Morgan fingerprint density at radius 1 is 1.09 bits per heavy atom. The molecule has 0 spiro atoms. The second-order valence-electron chi connectivity index (χ2n) is 8.19. The average Bonchev–Trinajstić information content (AvgIpc) is 3.39. The normalized spacial score (nSPS) is 16.2. The molecule has 1 saturated heterocycles. The number of nitrogens with one attached hydrogen (secondary N) is 2. The summed E-state index contributed by atoms with van der Waals surface area (Å²) in [5.74, 6) is 0.797. The van der Waals surface area contributed by atoms with E-state index < -0.39 is 17.8 Å². The largest absolute Gasteiger partial charge is 0.416 e. The van der Waals surface area contributed by atoms with Crippen LogP contribution in [0.15, 0.2) is 23.0 Å². The predicted molar refractivity (Wildman–Crippen MR) is 114 cm³/mol. The lowest BCUT2D eigenvalue weighted by Crippen LogP contribution is -2.32. The zero-order chi connectivity index (χ0) is 22.7. The first kappa shape index (κ1) is 22.2. The van der Waals surface area contributed by atoms with Gasteiger partial charge in [-0.15, -0.1) is 0 Å². The number of halogens is 3. The van der Waals surface area contributed by atoms with Gasteiger partial charge in [0.05, 0.1) is 16.9 Å². The number of hydrogen-bond acceptors (Lipinski definition) is 4. The molecule has 8 nitrogen and oxygen atoms in total. The molecule has 2 amide bonds. The van der Waals surface area contributed by atoms with Crippen LogP contribution < -0.4 is 21.2 Å². The van der Waals surface area contributed by atoms with Crippen molar-refractivity contribution in [3.05, 3.63) is 40.1 Å². The van der Waals surface area contributed by atoms with Crippen LogP contribution in [0.1, 0.15) is 43.5 Å². The second kappa shape index (κ2) is 9.25. The van der Waals surface area contributed by atoms with E-state index in [9.17, 15) is 22.8 Å². The molecule has 174 valence electrons. The zero-order valence-corrected chi connectivity index (χ0v) is 17.7. The van der Waals surface area contributed by atoms with Crippen LogP contribution in [-0.4, -0.2) is 40.0 Å². The summed E-state index contributed by atoms with van der Waals surface area (Å²) in [5, 5.41) is 9.58. The number of amides is 2. The third-order valence-corrected chi connectivity index (χ3v) is 5.88. The lowest BCUT2D eigenvalue weighted by Gasteiger charge is -2.23. The first-order valence-electron chi connectivity index (χ1n) is 11.0. The SMILES string of the molecule is O=C(NCCCn1nc2n(c1=O)CCCC2)Nc1cc(C(F)(F)F)ccc1N1CCCC1. The van der Waals surface area contributed by atoms with E-state index in [-0.39, 0.29) is 17.9 Å². The lowest BCUT2D eigenvalue weighted by atomic mass is 10.1. The number of aromatic nitrogens is 3. The van der Waals surface area contributed by atoms with Gasteiger partial charge in [0.15, 0.2) is 0 Å². The monoisotopic (exact) mass is 452 g/mol. The number of alkyl halides is 3. The maximum absolute atomic E-state index is 13.2. The van der Waals surface area contributed by atoms with Crippen molar-refractivity contribution < 1.29 is 18.0 Å². The third-order valence-electron chi connectivity index (χ3n) is 5.88. The molecule has 2 aromatic rings. The molecule has 2 aliphatic rings. The number of carbonyl (C=O) groups excluding carboxylic acids is 1. The summed E-state index contributed by atoms with van der Waals surface area (Å²) in [6, 6.07) is 2.85. The fourth-order valence-electron chi connectivity index (χ4n) is 4.24. The fourth-order valence-corrected chi connectivity index (χ4v) is 4.24. The highest BCUT2D eigenvalue weighted by atomic mass is 19.4. The van der Waals surface area contributed by atoms with Gasteiger partial charge in [-0.1, -0.05) is 0 Å². The molecule has 1 fully saturated rings. The standard InChI is InChI=1S/C21H27F3N6O2/c22-21(23,24)15-7-8-17(28-10-3-4-11-28)16(14-15)26-19(31)25-9-5-13-30-20(32)29-12-2-1-6-18(29)27-30/h7-8,14H,1-6,9-13H2,(H2,25,26,31). The van der Waals surface area contributed by atoms with Crippen LogP contribution in [0, 0.1) is 0 Å². The van der Waals surface area contributed by atoms with Gasteiger partial charge < -0.3 is 15.5 Å². The van der Waals surface area contributed by atoms with Gasteiger partial charge in [-0.2, -0.15) is 18.3 Å². The van der Waals surface area contributed by atoms with E-state index in [4.69, 9.17) is 0 Å². The van der Waals surface area contributed by atoms with Crippen molar-refractivity contribution in [3.63, 3.8) is 0 Å². The molecule has 0 radical (unpaired) electrons. The summed E-state index contributed by atoms with van der Waals surface area (Å²) in [7, 11) is 0. The Labute approximate surface area is 183 Å². The van der Waals surface area contributed by atoms with Crippen LogP contribution >= 0.6 is 0 Å². The van der Waals surface area contributed by atoms with Crippen molar-refractivity contribution in [3.8, 4) is 0 Å².